The number of carbonyl (C=O) groups is 2. The van der Waals surface area contributed by atoms with Gasteiger partial charge in [-0.2, -0.15) is 0 Å². The van der Waals surface area contributed by atoms with Crippen LogP contribution in [0, 0.1) is 13.8 Å². The number of rotatable bonds is 7. The lowest BCUT2D eigenvalue weighted by Crippen LogP contribution is -2.17. The van der Waals surface area contributed by atoms with Gasteiger partial charge in [-0.15, -0.1) is 10.2 Å². The van der Waals surface area contributed by atoms with Crippen LogP contribution in [0.5, 0.6) is 0 Å². The minimum atomic E-state index is -0.179. The van der Waals surface area contributed by atoms with E-state index in [0.29, 0.717) is 16.0 Å². The van der Waals surface area contributed by atoms with Crippen LogP contribution in [0.3, 0.4) is 0 Å². The summed E-state index contributed by atoms with van der Waals surface area (Å²) in [6.07, 6.45) is 0.0914. The van der Waals surface area contributed by atoms with Crippen molar-refractivity contribution in [1.29, 1.82) is 0 Å². The molecule has 2 N–H and O–H groups in total. The van der Waals surface area contributed by atoms with Crippen molar-refractivity contribution in [3.05, 3.63) is 64.4 Å². The van der Waals surface area contributed by atoms with Gasteiger partial charge in [-0.25, -0.2) is 0 Å². The molecule has 30 heavy (non-hydrogen) atoms. The lowest BCUT2D eigenvalue weighted by molar-refractivity contribution is -0.116. The van der Waals surface area contributed by atoms with Crippen molar-refractivity contribution >= 4 is 46.6 Å². The number of aromatic nitrogens is 3. The fourth-order valence-electron chi connectivity index (χ4n) is 2.69. The molecule has 0 bridgehead atoms. The zero-order valence-corrected chi connectivity index (χ0v) is 18.5. The van der Waals surface area contributed by atoms with E-state index in [4.69, 9.17) is 11.6 Å². The average molecular weight is 444 g/mol. The molecule has 9 heteroatoms. The molecule has 0 aliphatic carbocycles. The van der Waals surface area contributed by atoms with Gasteiger partial charge in [0.2, 0.25) is 11.8 Å². The Morgan fingerprint density at radius 2 is 1.77 bits per heavy atom. The fourth-order valence-corrected chi connectivity index (χ4v) is 3.65. The lowest BCUT2D eigenvalue weighted by Gasteiger charge is -2.08. The molecule has 0 spiro atoms. The van der Waals surface area contributed by atoms with E-state index in [1.165, 1.54) is 11.8 Å². The fraction of sp³-hybridized carbons (Fsp3) is 0.238. The molecule has 0 aliphatic heterocycles. The van der Waals surface area contributed by atoms with Crippen molar-refractivity contribution in [3.63, 3.8) is 0 Å². The summed E-state index contributed by atoms with van der Waals surface area (Å²) in [7, 11) is 1.78. The second kappa shape index (κ2) is 9.77. The highest BCUT2D eigenvalue weighted by molar-refractivity contribution is 7.99. The SMILES string of the molecule is Cc1ccc(NC(=O)Cc2nnc(SCC(=O)Nc3ccc(Cl)cc3C)n2C)cc1. The monoisotopic (exact) mass is 443 g/mol. The molecule has 156 valence electrons. The highest BCUT2D eigenvalue weighted by atomic mass is 35.5. The molecule has 2 amide bonds. The quantitative estimate of drug-likeness (QED) is 0.539. The number of carbonyl (C=O) groups excluding carboxylic acids is 2. The third kappa shape index (κ3) is 5.84. The summed E-state index contributed by atoms with van der Waals surface area (Å²) in [4.78, 5) is 24.5. The van der Waals surface area contributed by atoms with Crippen molar-refractivity contribution in [2.24, 2.45) is 7.05 Å². The summed E-state index contributed by atoms with van der Waals surface area (Å²) in [5.74, 6) is 0.355. The van der Waals surface area contributed by atoms with Crippen LogP contribution in [0.2, 0.25) is 5.02 Å². The van der Waals surface area contributed by atoms with Gasteiger partial charge in [-0.05, 0) is 49.7 Å². The van der Waals surface area contributed by atoms with Crippen LogP contribution in [-0.4, -0.2) is 32.3 Å². The van der Waals surface area contributed by atoms with E-state index in [1.807, 2.05) is 38.1 Å². The van der Waals surface area contributed by atoms with Gasteiger partial charge in [0, 0.05) is 23.4 Å². The van der Waals surface area contributed by atoms with Gasteiger partial charge in [0.05, 0.1) is 12.2 Å². The Morgan fingerprint density at radius 1 is 1.03 bits per heavy atom. The van der Waals surface area contributed by atoms with E-state index in [0.717, 1.165) is 22.5 Å². The topological polar surface area (TPSA) is 88.9 Å². The summed E-state index contributed by atoms with van der Waals surface area (Å²) in [5.41, 5.74) is 3.47. The molecule has 0 saturated carbocycles. The third-order valence-corrected chi connectivity index (χ3v) is 5.63. The molecule has 0 fully saturated rings. The minimum absolute atomic E-state index is 0.0914. The Balaban J connectivity index is 1.53. The van der Waals surface area contributed by atoms with Crippen molar-refractivity contribution in [3.8, 4) is 0 Å². The molecule has 3 aromatic rings. The molecular formula is C21H22ClN5O2S. The number of aryl methyl sites for hydroxylation is 2. The van der Waals surface area contributed by atoms with E-state index >= 15 is 0 Å². The Morgan fingerprint density at radius 3 is 2.47 bits per heavy atom. The molecule has 0 unspecified atom stereocenters. The number of thioether (sulfide) groups is 1. The van der Waals surface area contributed by atoms with Gasteiger partial charge in [0.1, 0.15) is 5.82 Å². The number of anilines is 2. The number of amides is 2. The first-order valence-corrected chi connectivity index (χ1v) is 10.6. The number of halogens is 1. The molecule has 3 rings (SSSR count). The van der Waals surface area contributed by atoms with Crippen LogP contribution in [0.4, 0.5) is 11.4 Å². The van der Waals surface area contributed by atoms with Gasteiger partial charge in [-0.1, -0.05) is 41.1 Å². The predicted octanol–water partition coefficient (Wildman–Crippen LogP) is 4.00. The summed E-state index contributed by atoms with van der Waals surface area (Å²) >= 11 is 7.20. The Hall–Kier alpha value is -2.84. The Kier molecular flexibility index (Phi) is 7.12. The van der Waals surface area contributed by atoms with Crippen LogP contribution in [0.1, 0.15) is 17.0 Å². The summed E-state index contributed by atoms with van der Waals surface area (Å²) in [6, 6.07) is 12.9. The zero-order chi connectivity index (χ0) is 21.7. The van der Waals surface area contributed by atoms with E-state index in [-0.39, 0.29) is 24.0 Å². The molecular weight excluding hydrogens is 422 g/mol. The van der Waals surface area contributed by atoms with Crippen LogP contribution >= 0.6 is 23.4 Å². The van der Waals surface area contributed by atoms with Gasteiger partial charge < -0.3 is 15.2 Å². The first kappa shape index (κ1) is 21.9. The first-order valence-electron chi connectivity index (χ1n) is 9.25. The average Bonchev–Trinajstić information content (AvgIpc) is 3.04. The predicted molar refractivity (Wildman–Crippen MR) is 120 cm³/mol. The van der Waals surface area contributed by atoms with Gasteiger partial charge in [0.25, 0.3) is 0 Å². The smallest absolute Gasteiger partial charge is 0.234 e. The standard InChI is InChI=1S/C21H22ClN5O2S/c1-13-4-7-16(8-5-13)23-19(28)11-18-25-26-21(27(18)3)30-12-20(29)24-17-9-6-15(22)10-14(17)2/h4-10H,11-12H2,1-3H3,(H,23,28)(H,24,29). The van der Waals surface area contributed by atoms with E-state index in [9.17, 15) is 9.59 Å². The lowest BCUT2D eigenvalue weighted by atomic mass is 10.2. The van der Waals surface area contributed by atoms with Crippen molar-refractivity contribution < 1.29 is 9.59 Å². The van der Waals surface area contributed by atoms with Crippen molar-refractivity contribution in [2.45, 2.75) is 25.4 Å². The first-order chi connectivity index (χ1) is 14.3. The van der Waals surface area contributed by atoms with Crippen molar-refractivity contribution in [2.75, 3.05) is 16.4 Å². The van der Waals surface area contributed by atoms with Gasteiger partial charge >= 0.3 is 0 Å². The Bertz CT molecular complexity index is 1070. The molecule has 0 aliphatic rings. The largest absolute Gasteiger partial charge is 0.326 e. The summed E-state index contributed by atoms with van der Waals surface area (Å²) < 4.78 is 1.72. The molecule has 1 aromatic heterocycles. The molecule has 0 radical (unpaired) electrons. The molecule has 0 atom stereocenters. The molecule has 0 saturated heterocycles. The van der Waals surface area contributed by atoms with Crippen LogP contribution in [-0.2, 0) is 23.1 Å². The summed E-state index contributed by atoms with van der Waals surface area (Å²) in [5, 5.41) is 15.1. The van der Waals surface area contributed by atoms with Crippen LogP contribution in [0.15, 0.2) is 47.6 Å². The number of benzene rings is 2. The summed E-state index contributed by atoms with van der Waals surface area (Å²) in [6.45, 7) is 3.87. The maximum absolute atomic E-state index is 12.3. The number of hydrogen-bond donors (Lipinski definition) is 2. The maximum Gasteiger partial charge on any atom is 0.234 e. The maximum atomic E-state index is 12.3. The minimum Gasteiger partial charge on any atom is -0.326 e. The highest BCUT2D eigenvalue weighted by Gasteiger charge is 2.15. The second-order valence-corrected chi connectivity index (χ2v) is 8.22. The molecule has 2 aromatic carbocycles. The van der Waals surface area contributed by atoms with E-state index in [1.54, 1.807) is 29.8 Å². The number of nitrogens with one attached hydrogen (secondary N) is 2. The van der Waals surface area contributed by atoms with Gasteiger partial charge in [0.15, 0.2) is 5.16 Å². The third-order valence-electron chi connectivity index (χ3n) is 4.37. The van der Waals surface area contributed by atoms with Crippen LogP contribution in [0.25, 0.3) is 0 Å². The van der Waals surface area contributed by atoms with Gasteiger partial charge in [-0.3, -0.25) is 9.59 Å². The second-order valence-electron chi connectivity index (χ2n) is 6.84. The van der Waals surface area contributed by atoms with Crippen molar-refractivity contribution in [1.82, 2.24) is 14.8 Å². The van der Waals surface area contributed by atoms with E-state index in [2.05, 4.69) is 20.8 Å². The normalized spacial score (nSPS) is 10.7. The zero-order valence-electron chi connectivity index (χ0n) is 16.9. The van der Waals surface area contributed by atoms with Crippen LogP contribution < -0.4 is 10.6 Å². The highest BCUT2D eigenvalue weighted by Crippen LogP contribution is 2.21. The number of hydrogen-bond acceptors (Lipinski definition) is 5. The number of nitrogens with zero attached hydrogens (tertiary/aromatic N) is 3. The molecule has 1 heterocycles. The Labute approximate surface area is 184 Å². The van der Waals surface area contributed by atoms with E-state index < -0.39 is 0 Å². The molecule has 7 nitrogen and oxygen atoms in total.